The molecule has 0 radical (unpaired) electrons. The molecule has 0 aliphatic carbocycles. The number of nitro benzene ring substituents is 1. The van der Waals surface area contributed by atoms with E-state index >= 15 is 0 Å². The van der Waals surface area contributed by atoms with Crippen LogP contribution in [-0.4, -0.2) is 26.5 Å². The highest BCUT2D eigenvalue weighted by atomic mass is 32.2. The minimum atomic E-state index is -3.95. The summed E-state index contributed by atoms with van der Waals surface area (Å²) in [5, 5.41) is 14.3. The largest absolute Gasteiger partial charge is 0.492 e. The molecule has 2 N–H and O–H groups in total. The summed E-state index contributed by atoms with van der Waals surface area (Å²) in [4.78, 5) is 10.6. The van der Waals surface area contributed by atoms with Gasteiger partial charge in [0.25, 0.3) is 15.7 Å². The van der Waals surface area contributed by atoms with Gasteiger partial charge in [0.15, 0.2) is 0 Å². The van der Waals surface area contributed by atoms with Gasteiger partial charge in [0, 0.05) is 18.3 Å². The van der Waals surface area contributed by atoms with E-state index in [1.54, 1.807) is 30.3 Å². The molecule has 3 aromatic rings. The molecule has 0 saturated heterocycles. The number of rotatable bonds is 9. The molecule has 0 saturated carbocycles. The van der Waals surface area contributed by atoms with Crippen LogP contribution >= 0.6 is 0 Å². The van der Waals surface area contributed by atoms with Crippen LogP contribution in [0.5, 0.6) is 5.75 Å². The molecule has 3 aromatic carbocycles. The minimum absolute atomic E-state index is 0.195. The Morgan fingerprint density at radius 1 is 0.931 bits per heavy atom. The Morgan fingerprint density at radius 3 is 2.24 bits per heavy atom. The standard InChI is InChI=1S/C20H19N3O5S/c24-23(25)20-15-18(29(26,27)22-16-7-3-1-4-8-16)11-12-19(20)21-13-14-28-17-9-5-2-6-10-17/h1-12,15,21-22H,13-14H2. The zero-order chi connectivity index (χ0) is 20.7. The lowest BCUT2D eigenvalue weighted by molar-refractivity contribution is -0.384. The number of nitrogens with one attached hydrogen (secondary N) is 2. The molecule has 8 nitrogen and oxygen atoms in total. The van der Waals surface area contributed by atoms with Gasteiger partial charge in [0.05, 0.1) is 9.82 Å². The van der Waals surface area contributed by atoms with Crippen molar-refractivity contribution in [3.8, 4) is 5.75 Å². The van der Waals surface area contributed by atoms with Crippen molar-refractivity contribution in [3.63, 3.8) is 0 Å². The van der Waals surface area contributed by atoms with Gasteiger partial charge in [0.2, 0.25) is 0 Å². The van der Waals surface area contributed by atoms with Crippen molar-refractivity contribution >= 4 is 27.1 Å². The molecule has 0 amide bonds. The molecule has 0 aliphatic rings. The van der Waals surface area contributed by atoms with Gasteiger partial charge in [-0.05, 0) is 36.4 Å². The minimum Gasteiger partial charge on any atom is -0.492 e. The van der Waals surface area contributed by atoms with E-state index in [0.29, 0.717) is 18.0 Å². The fourth-order valence-corrected chi connectivity index (χ4v) is 3.65. The monoisotopic (exact) mass is 413 g/mol. The van der Waals surface area contributed by atoms with Crippen LogP contribution in [0.25, 0.3) is 0 Å². The molecule has 0 bridgehead atoms. The fraction of sp³-hybridized carbons (Fsp3) is 0.100. The van der Waals surface area contributed by atoms with Crippen molar-refractivity contribution in [1.29, 1.82) is 0 Å². The van der Waals surface area contributed by atoms with Gasteiger partial charge in [-0.15, -0.1) is 0 Å². The first-order chi connectivity index (χ1) is 14.0. The highest BCUT2D eigenvalue weighted by Crippen LogP contribution is 2.28. The Balaban J connectivity index is 1.70. The summed E-state index contributed by atoms with van der Waals surface area (Å²) in [6.07, 6.45) is 0. The van der Waals surface area contributed by atoms with Crippen LogP contribution in [0.15, 0.2) is 83.8 Å². The average molecular weight is 413 g/mol. The first-order valence-electron chi connectivity index (χ1n) is 8.74. The van der Waals surface area contributed by atoms with E-state index in [2.05, 4.69) is 10.0 Å². The summed E-state index contributed by atoms with van der Waals surface area (Å²) in [7, 11) is -3.95. The number of sulfonamides is 1. The van der Waals surface area contributed by atoms with Crippen molar-refractivity contribution in [3.05, 3.63) is 89.0 Å². The second-order valence-electron chi connectivity index (χ2n) is 6.00. The van der Waals surface area contributed by atoms with Gasteiger partial charge in [0.1, 0.15) is 18.0 Å². The number of ether oxygens (including phenoxy) is 1. The maximum atomic E-state index is 12.5. The quantitative estimate of drug-likeness (QED) is 0.313. The van der Waals surface area contributed by atoms with Crippen LogP contribution in [0.4, 0.5) is 17.1 Å². The van der Waals surface area contributed by atoms with E-state index in [-0.39, 0.29) is 22.9 Å². The maximum Gasteiger partial charge on any atom is 0.293 e. The second-order valence-corrected chi connectivity index (χ2v) is 7.68. The molecule has 0 spiro atoms. The summed E-state index contributed by atoms with van der Waals surface area (Å²) >= 11 is 0. The van der Waals surface area contributed by atoms with Crippen LogP contribution in [0.2, 0.25) is 0 Å². The molecule has 0 aliphatic heterocycles. The first-order valence-corrected chi connectivity index (χ1v) is 10.2. The Labute approximate surface area is 168 Å². The Kier molecular flexibility index (Phi) is 6.30. The van der Waals surface area contributed by atoms with Crippen molar-refractivity contribution in [2.24, 2.45) is 0 Å². The second kappa shape index (κ2) is 9.07. The van der Waals surface area contributed by atoms with Crippen LogP contribution < -0.4 is 14.8 Å². The molecule has 150 valence electrons. The van der Waals surface area contributed by atoms with E-state index in [0.717, 1.165) is 6.07 Å². The zero-order valence-electron chi connectivity index (χ0n) is 15.3. The summed E-state index contributed by atoms with van der Waals surface area (Å²) in [6, 6.07) is 21.2. The topological polar surface area (TPSA) is 111 Å². The normalized spacial score (nSPS) is 10.9. The van der Waals surface area contributed by atoms with Crippen LogP contribution in [0.3, 0.4) is 0 Å². The summed E-state index contributed by atoms with van der Waals surface area (Å²) in [5.41, 5.74) is 0.251. The third-order valence-electron chi connectivity index (χ3n) is 3.93. The molecular weight excluding hydrogens is 394 g/mol. The van der Waals surface area contributed by atoms with E-state index < -0.39 is 14.9 Å². The lowest BCUT2D eigenvalue weighted by Gasteiger charge is -2.11. The predicted octanol–water partition coefficient (Wildman–Crippen LogP) is 3.89. The number of hydrogen-bond acceptors (Lipinski definition) is 6. The molecule has 0 heterocycles. The van der Waals surface area contributed by atoms with Crippen molar-refractivity contribution in [1.82, 2.24) is 0 Å². The van der Waals surface area contributed by atoms with Gasteiger partial charge in [-0.1, -0.05) is 36.4 Å². The van der Waals surface area contributed by atoms with Gasteiger partial charge in [-0.3, -0.25) is 14.8 Å². The van der Waals surface area contributed by atoms with Crippen molar-refractivity contribution in [2.75, 3.05) is 23.2 Å². The number of nitro groups is 1. The van der Waals surface area contributed by atoms with Gasteiger partial charge in [-0.2, -0.15) is 0 Å². The van der Waals surface area contributed by atoms with E-state index in [1.807, 2.05) is 30.3 Å². The molecule has 0 unspecified atom stereocenters. The smallest absolute Gasteiger partial charge is 0.293 e. The third-order valence-corrected chi connectivity index (χ3v) is 5.31. The predicted molar refractivity (Wildman–Crippen MR) is 111 cm³/mol. The maximum absolute atomic E-state index is 12.5. The van der Waals surface area contributed by atoms with Crippen molar-refractivity contribution in [2.45, 2.75) is 4.90 Å². The van der Waals surface area contributed by atoms with Gasteiger partial charge in [-0.25, -0.2) is 8.42 Å². The number of nitrogens with zero attached hydrogens (tertiary/aromatic N) is 1. The Morgan fingerprint density at radius 2 is 1.59 bits per heavy atom. The molecular formula is C20H19N3O5S. The third kappa shape index (κ3) is 5.45. The number of anilines is 2. The molecule has 9 heteroatoms. The van der Waals surface area contributed by atoms with Crippen molar-refractivity contribution < 1.29 is 18.1 Å². The van der Waals surface area contributed by atoms with Crippen LogP contribution in [-0.2, 0) is 10.0 Å². The van der Waals surface area contributed by atoms with Crippen LogP contribution in [0, 0.1) is 10.1 Å². The van der Waals surface area contributed by atoms with Crippen LogP contribution in [0.1, 0.15) is 0 Å². The highest BCUT2D eigenvalue weighted by Gasteiger charge is 2.21. The molecule has 0 aromatic heterocycles. The summed E-state index contributed by atoms with van der Waals surface area (Å²) < 4.78 is 33.0. The Hall–Kier alpha value is -3.59. The Bertz CT molecular complexity index is 1070. The van der Waals surface area contributed by atoms with Gasteiger partial charge < -0.3 is 10.1 Å². The molecule has 29 heavy (non-hydrogen) atoms. The van der Waals surface area contributed by atoms with E-state index in [4.69, 9.17) is 4.74 Å². The number of para-hydroxylation sites is 2. The lowest BCUT2D eigenvalue weighted by Crippen LogP contribution is -2.15. The molecule has 0 fully saturated rings. The lowest BCUT2D eigenvalue weighted by atomic mass is 10.2. The highest BCUT2D eigenvalue weighted by molar-refractivity contribution is 7.92. The number of benzene rings is 3. The van der Waals surface area contributed by atoms with Gasteiger partial charge >= 0.3 is 0 Å². The molecule has 3 rings (SSSR count). The summed E-state index contributed by atoms with van der Waals surface area (Å²) in [6.45, 7) is 0.598. The first kappa shape index (κ1) is 20.2. The summed E-state index contributed by atoms with van der Waals surface area (Å²) in [5.74, 6) is 0.692. The SMILES string of the molecule is O=[N+]([O-])c1cc(S(=O)(=O)Nc2ccccc2)ccc1NCCOc1ccccc1. The number of hydrogen-bond donors (Lipinski definition) is 2. The fourth-order valence-electron chi connectivity index (χ4n) is 2.57. The van der Waals surface area contributed by atoms with E-state index in [9.17, 15) is 18.5 Å². The average Bonchev–Trinajstić information content (AvgIpc) is 2.72. The van der Waals surface area contributed by atoms with E-state index in [1.165, 1.54) is 12.1 Å². The molecule has 0 atom stereocenters. The zero-order valence-corrected chi connectivity index (χ0v) is 16.1.